The number of hydrogen-bond donors (Lipinski definition) is 1. The summed E-state index contributed by atoms with van der Waals surface area (Å²) in [6, 6.07) is 5.72. The predicted octanol–water partition coefficient (Wildman–Crippen LogP) is 1.91. The molecule has 2 aromatic rings. The molecule has 1 atom stereocenters. The minimum Gasteiger partial charge on any atom is -0.383 e. The van der Waals surface area contributed by atoms with Crippen molar-refractivity contribution in [3.05, 3.63) is 35.8 Å². The fourth-order valence-electron chi connectivity index (χ4n) is 1.96. The van der Waals surface area contributed by atoms with E-state index in [0.29, 0.717) is 22.6 Å². The van der Waals surface area contributed by atoms with Gasteiger partial charge >= 0.3 is 0 Å². The number of benzene rings is 1. The van der Waals surface area contributed by atoms with Gasteiger partial charge in [-0.15, -0.1) is 0 Å². The molecule has 0 aliphatic heterocycles. The summed E-state index contributed by atoms with van der Waals surface area (Å²) in [4.78, 5) is 0. The van der Waals surface area contributed by atoms with Crippen LogP contribution in [0.2, 0.25) is 0 Å². The van der Waals surface area contributed by atoms with Crippen molar-refractivity contribution in [2.45, 2.75) is 12.2 Å². The van der Waals surface area contributed by atoms with Gasteiger partial charge in [-0.25, -0.2) is 12.8 Å². The van der Waals surface area contributed by atoms with E-state index in [1.165, 1.54) is 16.8 Å². The van der Waals surface area contributed by atoms with E-state index in [0.717, 1.165) is 6.26 Å². The molecule has 0 fully saturated rings. The maximum absolute atomic E-state index is 13.0. The highest BCUT2D eigenvalue weighted by Gasteiger charge is 2.26. The van der Waals surface area contributed by atoms with Gasteiger partial charge < -0.3 is 5.73 Å². The van der Waals surface area contributed by atoms with Gasteiger partial charge in [-0.2, -0.15) is 5.10 Å². The van der Waals surface area contributed by atoms with E-state index < -0.39 is 15.1 Å². The Morgan fingerprint density at radius 1 is 1.30 bits per heavy atom. The summed E-state index contributed by atoms with van der Waals surface area (Å²) in [5, 5.41) is 3.41. The number of sulfone groups is 1. The third kappa shape index (κ3) is 2.53. The molecule has 2 N–H and O–H groups in total. The van der Waals surface area contributed by atoms with Crippen LogP contribution >= 0.6 is 0 Å². The number of halogens is 1. The van der Waals surface area contributed by atoms with Crippen molar-refractivity contribution in [3.8, 4) is 11.1 Å². The van der Waals surface area contributed by atoms with E-state index >= 15 is 0 Å². The van der Waals surface area contributed by atoms with E-state index in [1.54, 1.807) is 26.1 Å². The Morgan fingerprint density at radius 3 is 2.35 bits per heavy atom. The molecule has 2 rings (SSSR count). The maximum Gasteiger partial charge on any atom is 0.155 e. The first-order valence-corrected chi connectivity index (χ1v) is 7.94. The van der Waals surface area contributed by atoms with Gasteiger partial charge in [-0.05, 0) is 24.6 Å². The van der Waals surface area contributed by atoms with Gasteiger partial charge in [0.1, 0.15) is 16.9 Å². The van der Waals surface area contributed by atoms with E-state index in [2.05, 4.69) is 5.10 Å². The molecule has 0 saturated heterocycles. The summed E-state index contributed by atoms with van der Waals surface area (Å²) >= 11 is 0. The van der Waals surface area contributed by atoms with Gasteiger partial charge in [-0.3, -0.25) is 4.68 Å². The smallest absolute Gasteiger partial charge is 0.155 e. The minimum atomic E-state index is -3.30. The van der Waals surface area contributed by atoms with Gasteiger partial charge in [0.2, 0.25) is 0 Å². The number of nitrogens with zero attached hydrogens (tertiary/aromatic N) is 2. The van der Waals surface area contributed by atoms with E-state index in [-0.39, 0.29) is 5.82 Å². The minimum absolute atomic E-state index is 0.349. The molecule has 1 heterocycles. The number of rotatable bonds is 3. The highest BCUT2D eigenvalue weighted by Crippen LogP contribution is 2.35. The molecule has 7 heteroatoms. The summed E-state index contributed by atoms with van der Waals surface area (Å²) in [5.74, 6) is -0.0176. The predicted molar refractivity (Wildman–Crippen MR) is 76.3 cm³/mol. The van der Waals surface area contributed by atoms with Crippen molar-refractivity contribution in [2.24, 2.45) is 7.05 Å². The molecule has 108 valence electrons. The second-order valence-electron chi connectivity index (χ2n) is 4.75. The Kier molecular flexibility index (Phi) is 3.56. The lowest BCUT2D eigenvalue weighted by Crippen LogP contribution is -2.09. The topological polar surface area (TPSA) is 78.0 Å². The second-order valence-corrected chi connectivity index (χ2v) is 7.11. The number of hydrogen-bond acceptors (Lipinski definition) is 4. The lowest BCUT2D eigenvalue weighted by Gasteiger charge is -2.09. The maximum atomic E-state index is 13.0. The van der Waals surface area contributed by atoms with Crippen LogP contribution in [0.5, 0.6) is 0 Å². The van der Waals surface area contributed by atoms with Crippen molar-refractivity contribution in [2.75, 3.05) is 12.0 Å². The molecule has 0 amide bonds. The average Bonchev–Trinajstić information content (AvgIpc) is 2.65. The molecule has 1 unspecified atom stereocenters. The molecule has 20 heavy (non-hydrogen) atoms. The molecule has 1 aromatic heterocycles. The standard InChI is InChI=1S/C13H16FN3O2S/c1-8(20(3,18)19)12-11(13(15)17(2)16-12)9-4-6-10(14)7-5-9/h4-8H,15H2,1-3H3. The van der Waals surface area contributed by atoms with Crippen LogP contribution in [0.1, 0.15) is 17.9 Å². The molecule has 0 aliphatic carbocycles. The molecule has 5 nitrogen and oxygen atoms in total. The zero-order valence-corrected chi connectivity index (χ0v) is 12.3. The monoisotopic (exact) mass is 297 g/mol. The molecule has 0 saturated carbocycles. The van der Waals surface area contributed by atoms with Crippen LogP contribution in [0, 0.1) is 5.82 Å². The first-order chi connectivity index (χ1) is 9.21. The third-order valence-electron chi connectivity index (χ3n) is 3.28. The summed E-state index contributed by atoms with van der Waals surface area (Å²) in [6.07, 6.45) is 1.15. The van der Waals surface area contributed by atoms with Crippen LogP contribution in [0.3, 0.4) is 0 Å². The van der Waals surface area contributed by atoms with E-state index in [1.807, 2.05) is 0 Å². The molecular weight excluding hydrogens is 281 g/mol. The first kappa shape index (κ1) is 14.5. The first-order valence-electron chi connectivity index (χ1n) is 5.99. The number of nitrogens with two attached hydrogens (primary N) is 1. The van der Waals surface area contributed by atoms with Crippen LogP contribution in [-0.2, 0) is 16.9 Å². The normalized spacial score (nSPS) is 13.4. The third-order valence-corrected chi connectivity index (χ3v) is 4.79. The van der Waals surface area contributed by atoms with Gasteiger partial charge in [0.25, 0.3) is 0 Å². The van der Waals surface area contributed by atoms with Crippen LogP contribution in [0.15, 0.2) is 24.3 Å². The number of anilines is 1. The van der Waals surface area contributed by atoms with Gasteiger partial charge in [0, 0.05) is 18.9 Å². The Labute approximate surface area is 117 Å². The van der Waals surface area contributed by atoms with Crippen molar-refractivity contribution in [1.82, 2.24) is 9.78 Å². The Morgan fingerprint density at radius 2 is 1.85 bits per heavy atom. The zero-order chi connectivity index (χ0) is 15.1. The van der Waals surface area contributed by atoms with Crippen LogP contribution in [0.25, 0.3) is 11.1 Å². The lowest BCUT2D eigenvalue weighted by molar-refractivity contribution is 0.589. The SMILES string of the molecule is CC(c1nn(C)c(N)c1-c1ccc(F)cc1)S(C)(=O)=O. The zero-order valence-electron chi connectivity index (χ0n) is 11.5. The molecule has 1 aromatic carbocycles. The molecular formula is C13H16FN3O2S. The second kappa shape index (κ2) is 4.90. The quantitative estimate of drug-likeness (QED) is 0.938. The van der Waals surface area contributed by atoms with E-state index in [4.69, 9.17) is 5.73 Å². The largest absolute Gasteiger partial charge is 0.383 e. The van der Waals surface area contributed by atoms with Gasteiger partial charge in [0.05, 0.1) is 5.69 Å². The average molecular weight is 297 g/mol. The number of nitrogen functional groups attached to an aromatic ring is 1. The summed E-state index contributed by atoms with van der Waals surface area (Å²) in [7, 11) is -1.66. The lowest BCUT2D eigenvalue weighted by atomic mass is 10.0. The van der Waals surface area contributed by atoms with Crippen molar-refractivity contribution in [3.63, 3.8) is 0 Å². The Balaban J connectivity index is 2.66. The molecule has 0 aliphatic rings. The van der Waals surface area contributed by atoms with Crippen LogP contribution in [0.4, 0.5) is 10.2 Å². The molecule has 0 spiro atoms. The highest BCUT2D eigenvalue weighted by molar-refractivity contribution is 7.90. The fraction of sp³-hybridized carbons (Fsp3) is 0.308. The molecule has 0 bridgehead atoms. The summed E-state index contributed by atoms with van der Waals surface area (Å²) in [5.41, 5.74) is 7.51. The number of aryl methyl sites for hydroxylation is 1. The highest BCUT2D eigenvalue weighted by atomic mass is 32.2. The van der Waals surface area contributed by atoms with Gasteiger partial charge in [0.15, 0.2) is 9.84 Å². The number of aromatic nitrogens is 2. The molecule has 0 radical (unpaired) electrons. The Hall–Kier alpha value is -1.89. The van der Waals surface area contributed by atoms with Crippen LogP contribution < -0.4 is 5.73 Å². The summed E-state index contributed by atoms with van der Waals surface area (Å²) < 4.78 is 37.9. The van der Waals surface area contributed by atoms with E-state index in [9.17, 15) is 12.8 Å². The Bertz CT molecular complexity index is 736. The van der Waals surface area contributed by atoms with Crippen molar-refractivity contribution >= 4 is 15.7 Å². The van der Waals surface area contributed by atoms with Crippen molar-refractivity contribution in [1.29, 1.82) is 0 Å². The van der Waals surface area contributed by atoms with Crippen LogP contribution in [-0.4, -0.2) is 24.5 Å². The summed E-state index contributed by atoms with van der Waals surface area (Å²) in [6.45, 7) is 1.56. The van der Waals surface area contributed by atoms with Gasteiger partial charge in [-0.1, -0.05) is 12.1 Å². The fourth-order valence-corrected chi connectivity index (χ4v) is 2.53. The van der Waals surface area contributed by atoms with Crippen molar-refractivity contribution < 1.29 is 12.8 Å².